The molecule has 1 aliphatic rings. The van der Waals surface area contributed by atoms with E-state index in [-0.39, 0.29) is 10.8 Å². The summed E-state index contributed by atoms with van der Waals surface area (Å²) in [5, 5.41) is 8.87. The van der Waals surface area contributed by atoms with E-state index in [2.05, 4.69) is 20.8 Å². The topological polar surface area (TPSA) is 37.3 Å². The van der Waals surface area contributed by atoms with Crippen molar-refractivity contribution in [2.45, 2.75) is 40.0 Å². The van der Waals surface area contributed by atoms with Gasteiger partial charge in [0, 0.05) is 0 Å². The van der Waals surface area contributed by atoms with Crippen LogP contribution in [0.25, 0.3) is 0 Å². The monoisotopic (exact) mass is 156 g/mol. The van der Waals surface area contributed by atoms with Crippen molar-refractivity contribution in [1.82, 2.24) is 0 Å². The van der Waals surface area contributed by atoms with Crippen molar-refractivity contribution in [3.63, 3.8) is 0 Å². The van der Waals surface area contributed by atoms with Gasteiger partial charge in [0.15, 0.2) is 0 Å². The minimum Gasteiger partial charge on any atom is -0.481 e. The molecule has 64 valence electrons. The minimum atomic E-state index is -0.604. The van der Waals surface area contributed by atoms with Gasteiger partial charge in [0.25, 0.3) is 0 Å². The zero-order valence-corrected chi connectivity index (χ0v) is 7.48. The summed E-state index contributed by atoms with van der Waals surface area (Å²) in [4.78, 5) is 10.8. The second kappa shape index (κ2) is 2.23. The van der Waals surface area contributed by atoms with Crippen molar-refractivity contribution in [3.05, 3.63) is 0 Å². The second-order valence-corrected chi connectivity index (χ2v) is 4.82. The average Bonchev–Trinajstić information content (AvgIpc) is 2.43. The molecule has 0 spiro atoms. The Kier molecular flexibility index (Phi) is 1.73. The van der Waals surface area contributed by atoms with Crippen LogP contribution in [0.3, 0.4) is 0 Å². The number of rotatable bonds is 2. The summed E-state index contributed by atoms with van der Waals surface area (Å²) in [7, 11) is 0. The second-order valence-electron chi connectivity index (χ2n) is 4.82. The van der Waals surface area contributed by atoms with E-state index < -0.39 is 5.97 Å². The van der Waals surface area contributed by atoms with Crippen molar-refractivity contribution in [1.29, 1.82) is 0 Å². The third-order valence-corrected chi connectivity index (χ3v) is 2.18. The molecular weight excluding hydrogens is 140 g/mol. The van der Waals surface area contributed by atoms with Crippen LogP contribution in [0.1, 0.15) is 40.0 Å². The molecule has 0 heterocycles. The summed E-state index contributed by atoms with van der Waals surface area (Å²) >= 11 is 0. The van der Waals surface area contributed by atoms with Crippen LogP contribution >= 0.6 is 0 Å². The van der Waals surface area contributed by atoms with Crippen LogP contribution in [-0.4, -0.2) is 11.1 Å². The van der Waals surface area contributed by atoms with Gasteiger partial charge in [-0.1, -0.05) is 20.8 Å². The Morgan fingerprint density at radius 2 is 1.91 bits per heavy atom. The van der Waals surface area contributed by atoms with Gasteiger partial charge >= 0.3 is 5.97 Å². The predicted octanol–water partition coefficient (Wildman–Crippen LogP) is 2.29. The van der Waals surface area contributed by atoms with Gasteiger partial charge in [-0.15, -0.1) is 0 Å². The highest BCUT2D eigenvalue weighted by atomic mass is 16.4. The first-order chi connectivity index (χ1) is 4.86. The number of carboxylic acid groups (broad SMARTS) is 1. The number of carboxylic acids is 1. The molecule has 1 saturated carbocycles. The van der Waals surface area contributed by atoms with Crippen LogP contribution in [0.15, 0.2) is 0 Å². The first kappa shape index (κ1) is 8.57. The number of hydrogen-bond acceptors (Lipinski definition) is 1. The molecule has 0 bridgehead atoms. The molecule has 0 aromatic rings. The zero-order valence-electron chi connectivity index (χ0n) is 7.48. The van der Waals surface area contributed by atoms with Gasteiger partial charge in [0.2, 0.25) is 0 Å². The zero-order chi connectivity index (χ0) is 8.70. The number of aliphatic carboxylic acids is 1. The van der Waals surface area contributed by atoms with E-state index in [9.17, 15) is 4.79 Å². The van der Waals surface area contributed by atoms with Crippen LogP contribution < -0.4 is 0 Å². The standard InChI is InChI=1S/C9H16O2/c1-8(2,3)6-9(4-5-9)7(10)11/h4-6H2,1-3H3,(H,10,11). The van der Waals surface area contributed by atoms with Crippen molar-refractivity contribution in [3.8, 4) is 0 Å². The summed E-state index contributed by atoms with van der Waals surface area (Å²) in [6, 6.07) is 0. The molecular formula is C9H16O2. The number of carbonyl (C=O) groups is 1. The predicted molar refractivity (Wildman–Crippen MR) is 43.4 cm³/mol. The van der Waals surface area contributed by atoms with E-state index >= 15 is 0 Å². The SMILES string of the molecule is CC(C)(C)CC1(C(=O)O)CC1. The molecule has 1 fully saturated rings. The highest BCUT2D eigenvalue weighted by Crippen LogP contribution is 2.53. The van der Waals surface area contributed by atoms with Gasteiger partial charge < -0.3 is 5.11 Å². The minimum absolute atomic E-state index is 0.148. The van der Waals surface area contributed by atoms with Gasteiger partial charge in [-0.05, 0) is 24.7 Å². The fraction of sp³-hybridized carbons (Fsp3) is 0.889. The molecule has 0 aromatic carbocycles. The summed E-state index contributed by atoms with van der Waals surface area (Å²) in [5.41, 5.74) is -0.201. The molecule has 2 heteroatoms. The largest absolute Gasteiger partial charge is 0.481 e. The Labute approximate surface area is 67.6 Å². The molecule has 1 N–H and O–H groups in total. The van der Waals surface area contributed by atoms with E-state index in [0.29, 0.717) is 0 Å². The van der Waals surface area contributed by atoms with Crippen LogP contribution in [0, 0.1) is 10.8 Å². The Morgan fingerprint density at radius 1 is 1.45 bits per heavy atom. The molecule has 1 rings (SSSR count). The Hall–Kier alpha value is -0.530. The van der Waals surface area contributed by atoms with Gasteiger partial charge in [0.1, 0.15) is 0 Å². The quantitative estimate of drug-likeness (QED) is 0.666. The van der Waals surface area contributed by atoms with Gasteiger partial charge in [-0.3, -0.25) is 4.79 Å². The third kappa shape index (κ3) is 1.95. The highest BCUT2D eigenvalue weighted by Gasteiger charge is 2.51. The molecule has 11 heavy (non-hydrogen) atoms. The van der Waals surface area contributed by atoms with Gasteiger partial charge in [0.05, 0.1) is 5.41 Å². The fourth-order valence-electron chi connectivity index (χ4n) is 1.63. The summed E-state index contributed by atoms with van der Waals surface area (Å²) in [5.74, 6) is -0.604. The summed E-state index contributed by atoms with van der Waals surface area (Å²) in [6.45, 7) is 6.28. The molecule has 0 aromatic heterocycles. The van der Waals surface area contributed by atoms with Crippen LogP contribution in [-0.2, 0) is 4.79 Å². The third-order valence-electron chi connectivity index (χ3n) is 2.18. The maximum atomic E-state index is 10.8. The molecule has 1 aliphatic carbocycles. The van der Waals surface area contributed by atoms with Crippen molar-refractivity contribution in [2.24, 2.45) is 10.8 Å². The summed E-state index contributed by atoms with van der Waals surface area (Å²) in [6.07, 6.45) is 2.56. The lowest BCUT2D eigenvalue weighted by Crippen LogP contribution is -2.21. The fourth-order valence-corrected chi connectivity index (χ4v) is 1.63. The Balaban J connectivity index is 2.55. The smallest absolute Gasteiger partial charge is 0.309 e. The first-order valence-corrected chi connectivity index (χ1v) is 4.09. The van der Waals surface area contributed by atoms with E-state index in [1.165, 1.54) is 0 Å². The molecule has 0 aliphatic heterocycles. The highest BCUT2D eigenvalue weighted by molar-refractivity contribution is 5.77. The first-order valence-electron chi connectivity index (χ1n) is 4.09. The average molecular weight is 156 g/mol. The lowest BCUT2D eigenvalue weighted by Gasteiger charge is -2.22. The lowest BCUT2D eigenvalue weighted by molar-refractivity contribution is -0.144. The van der Waals surface area contributed by atoms with Crippen LogP contribution in [0.5, 0.6) is 0 Å². The van der Waals surface area contributed by atoms with E-state index in [1.807, 2.05) is 0 Å². The maximum Gasteiger partial charge on any atom is 0.309 e. The molecule has 0 saturated heterocycles. The Bertz CT molecular complexity index is 172. The number of hydrogen-bond donors (Lipinski definition) is 1. The van der Waals surface area contributed by atoms with Crippen LogP contribution in [0.4, 0.5) is 0 Å². The van der Waals surface area contributed by atoms with Gasteiger partial charge in [-0.2, -0.15) is 0 Å². The van der Waals surface area contributed by atoms with Crippen molar-refractivity contribution >= 4 is 5.97 Å². The molecule has 0 amide bonds. The lowest BCUT2D eigenvalue weighted by atomic mass is 9.83. The molecule has 0 unspecified atom stereocenters. The molecule has 0 atom stereocenters. The summed E-state index contributed by atoms with van der Waals surface area (Å²) < 4.78 is 0. The van der Waals surface area contributed by atoms with Gasteiger partial charge in [-0.25, -0.2) is 0 Å². The van der Waals surface area contributed by atoms with Crippen molar-refractivity contribution in [2.75, 3.05) is 0 Å². The Morgan fingerprint density at radius 3 is 2.00 bits per heavy atom. The van der Waals surface area contributed by atoms with E-state index in [1.54, 1.807) is 0 Å². The van der Waals surface area contributed by atoms with Crippen molar-refractivity contribution < 1.29 is 9.90 Å². The molecule has 2 nitrogen and oxygen atoms in total. The normalized spacial score (nSPS) is 21.4. The molecule has 0 radical (unpaired) electrons. The maximum absolute atomic E-state index is 10.8. The van der Waals surface area contributed by atoms with E-state index in [4.69, 9.17) is 5.11 Å². The van der Waals surface area contributed by atoms with E-state index in [0.717, 1.165) is 19.3 Å². The van der Waals surface area contributed by atoms with Crippen LogP contribution in [0.2, 0.25) is 0 Å².